The Morgan fingerprint density at radius 2 is 2.10 bits per heavy atom. The predicted octanol–water partition coefficient (Wildman–Crippen LogP) is 1.46. The molecule has 5 heteroatoms. The van der Waals surface area contributed by atoms with E-state index in [4.69, 9.17) is 0 Å². The van der Waals surface area contributed by atoms with Crippen LogP contribution in [-0.4, -0.2) is 22.0 Å². The normalized spacial score (nSPS) is 19.1. The number of amides is 1. The largest absolute Gasteiger partial charge is 0.354 e. The van der Waals surface area contributed by atoms with Gasteiger partial charge >= 0.3 is 0 Å². The monoisotopic (exact) mass is 271 g/mol. The Bertz CT molecular complexity index is 749. The Kier molecular flexibility index (Phi) is 3.04. The molecule has 0 saturated carbocycles. The molecule has 1 aromatic carbocycles. The van der Waals surface area contributed by atoms with Crippen molar-refractivity contribution < 1.29 is 4.79 Å². The van der Waals surface area contributed by atoms with Crippen LogP contribution in [0, 0.1) is 13.8 Å². The average molecular weight is 271 g/mol. The van der Waals surface area contributed by atoms with Gasteiger partial charge in [-0.25, -0.2) is 4.98 Å². The van der Waals surface area contributed by atoms with Crippen molar-refractivity contribution in [2.24, 2.45) is 0 Å². The third-order valence-corrected chi connectivity index (χ3v) is 3.81. The summed E-state index contributed by atoms with van der Waals surface area (Å²) in [6.45, 7) is 4.58. The summed E-state index contributed by atoms with van der Waals surface area (Å²) in [5, 5.41) is 3.39. The highest BCUT2D eigenvalue weighted by molar-refractivity contribution is 5.83. The second-order valence-corrected chi connectivity index (χ2v) is 5.38. The van der Waals surface area contributed by atoms with Gasteiger partial charge in [0, 0.05) is 6.54 Å². The van der Waals surface area contributed by atoms with Crippen molar-refractivity contribution in [3.8, 4) is 0 Å². The van der Waals surface area contributed by atoms with Crippen molar-refractivity contribution in [2.75, 3.05) is 6.54 Å². The lowest BCUT2D eigenvalue weighted by molar-refractivity contribution is -0.125. The molecule has 1 atom stereocenters. The Labute approximate surface area is 116 Å². The number of rotatable bonds is 1. The van der Waals surface area contributed by atoms with Gasteiger partial charge in [0.2, 0.25) is 5.91 Å². The van der Waals surface area contributed by atoms with Gasteiger partial charge in [-0.15, -0.1) is 0 Å². The SMILES string of the molecule is Cc1cc(C)c2ncn(C3CCCNC3=O)c(=O)c2c1. The minimum absolute atomic E-state index is 0.0936. The topological polar surface area (TPSA) is 64.0 Å². The number of fused-ring (bicyclic) bond motifs is 1. The van der Waals surface area contributed by atoms with Crippen molar-refractivity contribution in [1.82, 2.24) is 14.9 Å². The predicted molar refractivity (Wildman–Crippen MR) is 76.8 cm³/mol. The van der Waals surface area contributed by atoms with Crippen LogP contribution >= 0.6 is 0 Å². The summed E-state index contributed by atoms with van der Waals surface area (Å²) in [7, 11) is 0. The fraction of sp³-hybridized carbons (Fsp3) is 0.400. The molecule has 2 heterocycles. The lowest BCUT2D eigenvalue weighted by atomic mass is 10.1. The number of piperidine rings is 1. The fourth-order valence-corrected chi connectivity index (χ4v) is 2.85. The first kappa shape index (κ1) is 12.8. The number of hydrogen-bond acceptors (Lipinski definition) is 3. The van der Waals surface area contributed by atoms with Crippen LogP contribution in [0.3, 0.4) is 0 Å². The second-order valence-electron chi connectivity index (χ2n) is 5.38. The molecule has 5 nitrogen and oxygen atoms in total. The van der Waals surface area contributed by atoms with Crippen LogP contribution in [0.4, 0.5) is 0 Å². The molecule has 1 aliphatic rings. The number of nitrogens with one attached hydrogen (secondary N) is 1. The number of aryl methyl sites for hydroxylation is 2. The van der Waals surface area contributed by atoms with Crippen molar-refractivity contribution in [2.45, 2.75) is 32.7 Å². The van der Waals surface area contributed by atoms with Gasteiger partial charge in [-0.3, -0.25) is 14.2 Å². The first-order chi connectivity index (χ1) is 9.58. The number of hydrogen-bond donors (Lipinski definition) is 1. The van der Waals surface area contributed by atoms with Crippen LogP contribution in [0.5, 0.6) is 0 Å². The minimum Gasteiger partial charge on any atom is -0.354 e. The van der Waals surface area contributed by atoms with Gasteiger partial charge in [0.15, 0.2) is 0 Å². The number of carbonyl (C=O) groups excluding carboxylic acids is 1. The molecular formula is C15H17N3O2. The zero-order valence-electron chi connectivity index (χ0n) is 11.6. The highest BCUT2D eigenvalue weighted by Gasteiger charge is 2.25. The molecule has 1 aliphatic heterocycles. The summed E-state index contributed by atoms with van der Waals surface area (Å²) >= 11 is 0. The van der Waals surface area contributed by atoms with Gasteiger partial charge < -0.3 is 5.32 Å². The van der Waals surface area contributed by atoms with E-state index in [1.165, 1.54) is 10.9 Å². The third-order valence-electron chi connectivity index (χ3n) is 3.81. The van der Waals surface area contributed by atoms with E-state index in [2.05, 4.69) is 10.3 Å². The smallest absolute Gasteiger partial charge is 0.261 e. The van der Waals surface area contributed by atoms with Gasteiger partial charge in [0.25, 0.3) is 5.56 Å². The van der Waals surface area contributed by atoms with Gasteiger partial charge in [-0.05, 0) is 43.9 Å². The highest BCUT2D eigenvalue weighted by atomic mass is 16.2. The van der Waals surface area contributed by atoms with E-state index >= 15 is 0 Å². The maximum absolute atomic E-state index is 12.6. The van der Waals surface area contributed by atoms with Crippen molar-refractivity contribution in [3.05, 3.63) is 39.9 Å². The third kappa shape index (κ3) is 1.99. The number of carbonyl (C=O) groups is 1. The first-order valence-electron chi connectivity index (χ1n) is 6.84. The Balaban J connectivity index is 2.21. The van der Waals surface area contributed by atoms with E-state index in [-0.39, 0.29) is 11.5 Å². The average Bonchev–Trinajstić information content (AvgIpc) is 2.41. The molecule has 2 aromatic rings. The highest BCUT2D eigenvalue weighted by Crippen LogP contribution is 2.19. The lowest BCUT2D eigenvalue weighted by Crippen LogP contribution is -2.41. The zero-order chi connectivity index (χ0) is 14.3. The minimum atomic E-state index is -0.436. The molecule has 104 valence electrons. The van der Waals surface area contributed by atoms with Crippen molar-refractivity contribution in [3.63, 3.8) is 0 Å². The fourth-order valence-electron chi connectivity index (χ4n) is 2.85. The molecule has 1 N–H and O–H groups in total. The van der Waals surface area contributed by atoms with E-state index in [1.807, 2.05) is 26.0 Å². The van der Waals surface area contributed by atoms with Gasteiger partial charge in [-0.2, -0.15) is 0 Å². The molecule has 0 radical (unpaired) electrons. The number of benzene rings is 1. The maximum atomic E-state index is 12.6. The Hall–Kier alpha value is -2.17. The van der Waals surface area contributed by atoms with Crippen LogP contribution in [0.25, 0.3) is 10.9 Å². The summed E-state index contributed by atoms with van der Waals surface area (Å²) in [6, 6.07) is 3.41. The van der Waals surface area contributed by atoms with Crippen molar-refractivity contribution in [1.29, 1.82) is 0 Å². The molecule has 1 saturated heterocycles. The summed E-state index contributed by atoms with van der Waals surface area (Å²) in [4.78, 5) is 28.9. The first-order valence-corrected chi connectivity index (χ1v) is 6.84. The summed E-state index contributed by atoms with van der Waals surface area (Å²) in [6.07, 6.45) is 3.07. The second kappa shape index (κ2) is 4.74. The van der Waals surface area contributed by atoms with Crippen LogP contribution < -0.4 is 10.9 Å². The quantitative estimate of drug-likeness (QED) is 0.854. The maximum Gasteiger partial charge on any atom is 0.261 e. The van der Waals surface area contributed by atoms with E-state index in [1.54, 1.807) is 0 Å². The van der Waals surface area contributed by atoms with E-state index < -0.39 is 6.04 Å². The lowest BCUT2D eigenvalue weighted by Gasteiger charge is -2.23. The molecule has 0 bridgehead atoms. The van der Waals surface area contributed by atoms with Crippen LogP contribution in [0.2, 0.25) is 0 Å². The number of aromatic nitrogens is 2. The Morgan fingerprint density at radius 1 is 1.30 bits per heavy atom. The van der Waals surface area contributed by atoms with E-state index in [0.717, 1.165) is 17.5 Å². The summed E-state index contributed by atoms with van der Waals surface area (Å²) in [5.41, 5.74) is 2.59. The molecule has 20 heavy (non-hydrogen) atoms. The Morgan fingerprint density at radius 3 is 2.85 bits per heavy atom. The molecule has 1 fully saturated rings. The molecule has 1 aromatic heterocycles. The van der Waals surface area contributed by atoms with Gasteiger partial charge in [0.05, 0.1) is 17.2 Å². The van der Waals surface area contributed by atoms with Crippen LogP contribution in [0.1, 0.15) is 30.0 Å². The molecule has 0 spiro atoms. The van der Waals surface area contributed by atoms with Crippen LogP contribution in [-0.2, 0) is 4.79 Å². The molecule has 1 amide bonds. The van der Waals surface area contributed by atoms with Gasteiger partial charge in [-0.1, -0.05) is 6.07 Å². The molecule has 1 unspecified atom stereocenters. The summed E-state index contributed by atoms with van der Waals surface area (Å²) < 4.78 is 1.47. The molecular weight excluding hydrogens is 254 g/mol. The van der Waals surface area contributed by atoms with Crippen molar-refractivity contribution >= 4 is 16.8 Å². The standard InChI is InChI=1S/C15H17N3O2/c1-9-6-10(2)13-11(7-9)15(20)18(8-17-13)12-4-3-5-16-14(12)19/h6-8,12H,3-5H2,1-2H3,(H,16,19). The number of nitrogens with zero attached hydrogens (tertiary/aromatic N) is 2. The van der Waals surface area contributed by atoms with E-state index in [9.17, 15) is 9.59 Å². The zero-order valence-corrected chi connectivity index (χ0v) is 11.6. The van der Waals surface area contributed by atoms with Gasteiger partial charge in [0.1, 0.15) is 6.04 Å². The molecule has 0 aliphatic carbocycles. The summed E-state index contributed by atoms with van der Waals surface area (Å²) in [5.74, 6) is -0.0936. The molecule has 3 rings (SSSR count). The van der Waals surface area contributed by atoms with E-state index in [0.29, 0.717) is 23.9 Å². The van der Waals surface area contributed by atoms with Crippen LogP contribution in [0.15, 0.2) is 23.3 Å².